The molecule has 0 radical (unpaired) electrons. The lowest BCUT2D eigenvalue weighted by Crippen LogP contribution is -2.67. The number of carbonyl (C=O) groups is 1. The van der Waals surface area contributed by atoms with E-state index in [1.54, 1.807) is 0 Å². The van der Waals surface area contributed by atoms with Gasteiger partial charge in [0.1, 0.15) is 0 Å². The van der Waals surface area contributed by atoms with E-state index in [0.717, 1.165) is 0 Å². The standard InChI is InChI=1S/C36H44O3Si2/c1-35(2,3)40(31-19-11-7-12-20-31,32-21-13-8-14-22-32)38-28-27-30(37)29-39-41(36(4,5)6,33-23-15-9-16-24-33)34-25-17-10-18-26-34/h7-26H,27-29H2,1-6H3. The van der Waals surface area contributed by atoms with Crippen molar-refractivity contribution in [3.63, 3.8) is 0 Å². The first kappa shape index (κ1) is 30.9. The van der Waals surface area contributed by atoms with Crippen molar-refractivity contribution in [1.29, 1.82) is 0 Å². The number of benzene rings is 4. The van der Waals surface area contributed by atoms with Crippen molar-refractivity contribution in [2.45, 2.75) is 58.0 Å². The first-order valence-corrected chi connectivity index (χ1v) is 18.4. The van der Waals surface area contributed by atoms with Gasteiger partial charge >= 0.3 is 0 Å². The largest absolute Gasteiger partial charge is 0.407 e. The molecular weight excluding hydrogens is 537 g/mol. The maximum absolute atomic E-state index is 13.5. The van der Waals surface area contributed by atoms with Crippen molar-refractivity contribution >= 4 is 43.2 Å². The number of hydrogen-bond acceptors (Lipinski definition) is 3. The number of rotatable bonds is 11. The molecule has 0 aromatic heterocycles. The molecule has 4 aromatic carbocycles. The molecule has 0 aliphatic rings. The second kappa shape index (κ2) is 12.8. The lowest BCUT2D eigenvalue weighted by atomic mass is 10.2. The zero-order chi connectivity index (χ0) is 29.6. The molecule has 3 nitrogen and oxygen atoms in total. The topological polar surface area (TPSA) is 35.5 Å². The van der Waals surface area contributed by atoms with E-state index in [0.29, 0.717) is 13.0 Å². The fourth-order valence-corrected chi connectivity index (χ4v) is 15.2. The number of hydrogen-bond donors (Lipinski definition) is 0. The fourth-order valence-electron chi connectivity index (χ4n) is 6.10. The van der Waals surface area contributed by atoms with Crippen molar-refractivity contribution in [1.82, 2.24) is 0 Å². The maximum atomic E-state index is 13.5. The van der Waals surface area contributed by atoms with Gasteiger partial charge in [0.2, 0.25) is 0 Å². The van der Waals surface area contributed by atoms with Crippen LogP contribution in [0.2, 0.25) is 10.1 Å². The average Bonchev–Trinajstić information content (AvgIpc) is 2.96. The third-order valence-corrected chi connectivity index (χ3v) is 18.0. The Kier molecular flexibility index (Phi) is 9.65. The van der Waals surface area contributed by atoms with E-state index in [1.807, 2.05) is 24.3 Å². The monoisotopic (exact) mass is 580 g/mol. The van der Waals surface area contributed by atoms with E-state index in [2.05, 4.69) is 139 Å². The molecule has 0 spiro atoms. The Morgan fingerprint density at radius 1 is 0.512 bits per heavy atom. The van der Waals surface area contributed by atoms with Crippen LogP contribution in [0.15, 0.2) is 121 Å². The molecule has 4 aromatic rings. The van der Waals surface area contributed by atoms with Crippen molar-refractivity contribution in [2.75, 3.05) is 13.2 Å². The summed E-state index contributed by atoms with van der Waals surface area (Å²) in [5.74, 6) is 0.0657. The lowest BCUT2D eigenvalue weighted by molar-refractivity contribution is -0.121. The van der Waals surface area contributed by atoms with Crippen LogP contribution < -0.4 is 20.7 Å². The van der Waals surface area contributed by atoms with E-state index in [9.17, 15) is 4.79 Å². The maximum Gasteiger partial charge on any atom is 0.261 e. The van der Waals surface area contributed by atoms with Gasteiger partial charge in [0.15, 0.2) is 5.78 Å². The summed E-state index contributed by atoms with van der Waals surface area (Å²) in [6.45, 7) is 13.9. The Morgan fingerprint density at radius 3 is 1.10 bits per heavy atom. The van der Waals surface area contributed by atoms with E-state index in [4.69, 9.17) is 8.85 Å². The van der Waals surface area contributed by atoms with Gasteiger partial charge in [0.05, 0.1) is 6.61 Å². The lowest BCUT2D eigenvalue weighted by Gasteiger charge is -2.43. The SMILES string of the molecule is CC(C)(C)[Si](OCCC(=O)CO[Si](c1ccccc1)(c1ccccc1)C(C)(C)C)(c1ccccc1)c1ccccc1. The summed E-state index contributed by atoms with van der Waals surface area (Å²) in [4.78, 5) is 13.5. The Hall–Kier alpha value is -3.10. The summed E-state index contributed by atoms with van der Waals surface area (Å²) in [7, 11) is -5.47. The van der Waals surface area contributed by atoms with Crippen molar-refractivity contribution < 1.29 is 13.6 Å². The van der Waals surface area contributed by atoms with Gasteiger partial charge < -0.3 is 8.85 Å². The molecule has 0 bridgehead atoms. The predicted octanol–water partition coefficient (Wildman–Crippen LogP) is 6.10. The molecule has 0 fully saturated rings. The molecule has 214 valence electrons. The fraction of sp³-hybridized carbons (Fsp3) is 0.306. The van der Waals surface area contributed by atoms with E-state index in [1.165, 1.54) is 20.7 Å². The molecule has 0 aliphatic heterocycles. The Bertz CT molecular complexity index is 1300. The summed E-state index contributed by atoms with van der Waals surface area (Å²) in [6.07, 6.45) is 0.308. The number of carbonyl (C=O) groups excluding carboxylic acids is 1. The van der Waals surface area contributed by atoms with E-state index >= 15 is 0 Å². The predicted molar refractivity (Wildman–Crippen MR) is 177 cm³/mol. The summed E-state index contributed by atoms with van der Waals surface area (Å²) in [5, 5.41) is 4.47. The second-order valence-corrected chi connectivity index (χ2v) is 21.4. The Labute approximate surface area is 248 Å². The third-order valence-electron chi connectivity index (χ3n) is 7.98. The van der Waals surface area contributed by atoms with Gasteiger partial charge in [-0.3, -0.25) is 4.79 Å². The summed E-state index contributed by atoms with van der Waals surface area (Å²) in [6, 6.07) is 42.1. The quantitative estimate of drug-likeness (QED) is 0.201. The van der Waals surface area contributed by atoms with Crippen molar-refractivity contribution in [3.8, 4) is 0 Å². The van der Waals surface area contributed by atoms with Gasteiger partial charge in [-0.2, -0.15) is 0 Å². The molecular formula is C36H44O3Si2. The van der Waals surface area contributed by atoms with Crippen LogP contribution in [0.5, 0.6) is 0 Å². The Balaban J connectivity index is 1.59. The minimum atomic E-state index is -2.78. The van der Waals surface area contributed by atoms with E-state index in [-0.39, 0.29) is 22.5 Å². The average molecular weight is 581 g/mol. The minimum Gasteiger partial charge on any atom is -0.407 e. The van der Waals surface area contributed by atoms with Crippen LogP contribution in [0.1, 0.15) is 48.0 Å². The highest BCUT2D eigenvalue weighted by molar-refractivity contribution is 7.00. The van der Waals surface area contributed by atoms with Gasteiger partial charge in [-0.15, -0.1) is 0 Å². The van der Waals surface area contributed by atoms with Gasteiger partial charge in [0.25, 0.3) is 16.6 Å². The second-order valence-electron chi connectivity index (χ2n) is 12.8. The first-order chi connectivity index (χ1) is 19.5. The first-order valence-electron chi connectivity index (χ1n) is 14.5. The highest BCUT2D eigenvalue weighted by Crippen LogP contribution is 2.38. The van der Waals surface area contributed by atoms with Crippen LogP contribution in [0.3, 0.4) is 0 Å². The smallest absolute Gasteiger partial charge is 0.261 e. The summed E-state index contributed by atoms with van der Waals surface area (Å²) < 4.78 is 13.9. The minimum absolute atomic E-state index is 0.0657. The third kappa shape index (κ3) is 6.39. The Morgan fingerprint density at radius 2 is 0.805 bits per heavy atom. The van der Waals surface area contributed by atoms with Crippen LogP contribution in [0.4, 0.5) is 0 Å². The molecule has 0 saturated heterocycles. The van der Waals surface area contributed by atoms with Crippen LogP contribution in [0.25, 0.3) is 0 Å². The van der Waals surface area contributed by atoms with Gasteiger partial charge in [0, 0.05) is 13.0 Å². The van der Waals surface area contributed by atoms with Crippen LogP contribution in [-0.2, 0) is 13.6 Å². The molecule has 0 atom stereocenters. The molecule has 41 heavy (non-hydrogen) atoms. The normalized spacial score (nSPS) is 12.7. The molecule has 0 heterocycles. The number of Topliss-reactive ketones (excluding diaryl/α,β-unsaturated/α-hetero) is 1. The summed E-state index contributed by atoms with van der Waals surface area (Å²) in [5.41, 5.74) is 0. The number of ketones is 1. The molecule has 0 unspecified atom stereocenters. The van der Waals surface area contributed by atoms with Crippen LogP contribution in [-0.4, -0.2) is 35.6 Å². The van der Waals surface area contributed by atoms with E-state index < -0.39 is 16.6 Å². The van der Waals surface area contributed by atoms with Gasteiger partial charge in [-0.25, -0.2) is 0 Å². The molecule has 5 heteroatoms. The molecule has 4 rings (SSSR count). The highest BCUT2D eigenvalue weighted by atomic mass is 28.4. The van der Waals surface area contributed by atoms with Crippen molar-refractivity contribution in [2.24, 2.45) is 0 Å². The summed E-state index contributed by atoms with van der Waals surface area (Å²) >= 11 is 0. The van der Waals surface area contributed by atoms with Crippen LogP contribution >= 0.6 is 0 Å². The molecule has 0 N–H and O–H groups in total. The van der Waals surface area contributed by atoms with Crippen LogP contribution in [0, 0.1) is 0 Å². The highest BCUT2D eigenvalue weighted by Gasteiger charge is 2.51. The molecule has 0 amide bonds. The van der Waals surface area contributed by atoms with Gasteiger partial charge in [-0.05, 0) is 30.8 Å². The zero-order valence-electron chi connectivity index (χ0n) is 25.4. The molecule has 0 aliphatic carbocycles. The van der Waals surface area contributed by atoms with Gasteiger partial charge in [-0.1, -0.05) is 163 Å². The molecule has 0 saturated carbocycles. The zero-order valence-corrected chi connectivity index (χ0v) is 27.4. The van der Waals surface area contributed by atoms with Crippen molar-refractivity contribution in [3.05, 3.63) is 121 Å².